The number of amides is 1. The van der Waals surface area contributed by atoms with E-state index in [2.05, 4.69) is 10.3 Å². The second kappa shape index (κ2) is 8.38. The molecule has 0 aliphatic carbocycles. The van der Waals surface area contributed by atoms with Crippen molar-refractivity contribution in [3.8, 4) is 0 Å². The van der Waals surface area contributed by atoms with E-state index < -0.39 is 28.0 Å². The molecular formula is C19H20N4O5S2. The first-order valence-electron chi connectivity index (χ1n) is 8.82. The van der Waals surface area contributed by atoms with E-state index in [4.69, 9.17) is 9.88 Å². The van der Waals surface area contributed by atoms with Crippen LogP contribution in [0.4, 0.5) is 5.69 Å². The van der Waals surface area contributed by atoms with Gasteiger partial charge in [-0.2, -0.15) is 0 Å². The Kier molecular flexibility index (Phi) is 6.06. The van der Waals surface area contributed by atoms with Gasteiger partial charge in [0.1, 0.15) is 0 Å². The van der Waals surface area contributed by atoms with Gasteiger partial charge in [0.05, 0.1) is 16.3 Å². The fourth-order valence-corrected chi connectivity index (χ4v) is 4.06. The summed E-state index contributed by atoms with van der Waals surface area (Å²) in [4.78, 5) is 30.6. The summed E-state index contributed by atoms with van der Waals surface area (Å²) in [6.45, 7) is 5.25. The summed E-state index contributed by atoms with van der Waals surface area (Å²) >= 11 is 1.55. The van der Waals surface area contributed by atoms with Crippen molar-refractivity contribution in [2.75, 3.05) is 5.32 Å². The summed E-state index contributed by atoms with van der Waals surface area (Å²) in [5.41, 5.74) is 1.88. The molecule has 3 rings (SSSR count). The SMILES string of the molecule is Cc1cn2c(/C=C/C(=O)OC(C)C(=O)Nc3ccc(S(N)(=O)=O)cc3)c(C)nc2s1. The number of aromatic nitrogens is 2. The molecule has 0 fully saturated rings. The molecule has 0 aliphatic rings. The van der Waals surface area contributed by atoms with Crippen LogP contribution in [0.25, 0.3) is 11.0 Å². The maximum atomic E-state index is 12.2. The molecule has 0 bridgehead atoms. The van der Waals surface area contributed by atoms with Crippen molar-refractivity contribution >= 4 is 50.0 Å². The smallest absolute Gasteiger partial charge is 0.331 e. The quantitative estimate of drug-likeness (QED) is 0.439. The molecule has 3 aromatic rings. The average molecular weight is 449 g/mol. The summed E-state index contributed by atoms with van der Waals surface area (Å²) in [5.74, 6) is -1.24. The zero-order valence-corrected chi connectivity index (χ0v) is 18.1. The molecular weight excluding hydrogens is 428 g/mol. The summed E-state index contributed by atoms with van der Waals surface area (Å²) in [5, 5.41) is 7.57. The van der Waals surface area contributed by atoms with Crippen LogP contribution in [0.1, 0.15) is 23.2 Å². The molecule has 0 spiro atoms. The maximum absolute atomic E-state index is 12.2. The van der Waals surface area contributed by atoms with Gasteiger partial charge in [0.15, 0.2) is 11.1 Å². The van der Waals surface area contributed by atoms with Crippen LogP contribution in [0.15, 0.2) is 41.4 Å². The second-order valence-electron chi connectivity index (χ2n) is 6.55. The van der Waals surface area contributed by atoms with Crippen molar-refractivity contribution < 1.29 is 22.7 Å². The molecule has 30 heavy (non-hydrogen) atoms. The van der Waals surface area contributed by atoms with E-state index in [9.17, 15) is 18.0 Å². The number of thiazole rings is 1. The predicted molar refractivity (Wildman–Crippen MR) is 114 cm³/mol. The van der Waals surface area contributed by atoms with Gasteiger partial charge in [-0.25, -0.2) is 23.3 Å². The van der Waals surface area contributed by atoms with Gasteiger partial charge >= 0.3 is 5.97 Å². The Bertz CT molecular complexity index is 1240. The summed E-state index contributed by atoms with van der Waals surface area (Å²) in [6, 6.07) is 5.32. The Morgan fingerprint density at radius 1 is 1.27 bits per heavy atom. The Labute approximate surface area is 177 Å². The van der Waals surface area contributed by atoms with Crippen LogP contribution in [0.5, 0.6) is 0 Å². The van der Waals surface area contributed by atoms with E-state index in [1.165, 1.54) is 37.3 Å². The molecule has 158 valence electrons. The Balaban J connectivity index is 1.61. The normalized spacial score (nSPS) is 12.9. The number of carbonyl (C=O) groups excluding carboxylic acids is 2. The number of hydrogen-bond donors (Lipinski definition) is 2. The molecule has 1 unspecified atom stereocenters. The molecule has 0 radical (unpaired) electrons. The number of anilines is 1. The minimum atomic E-state index is -3.82. The molecule has 9 nitrogen and oxygen atoms in total. The first-order chi connectivity index (χ1) is 14.0. The van der Waals surface area contributed by atoms with E-state index in [-0.39, 0.29) is 4.90 Å². The third-order valence-corrected chi connectivity index (χ3v) is 5.98. The van der Waals surface area contributed by atoms with E-state index in [1.54, 1.807) is 17.4 Å². The van der Waals surface area contributed by atoms with Crippen molar-refractivity contribution in [3.63, 3.8) is 0 Å². The van der Waals surface area contributed by atoms with Gasteiger partial charge in [0.2, 0.25) is 10.0 Å². The van der Waals surface area contributed by atoms with Crippen LogP contribution < -0.4 is 10.5 Å². The van der Waals surface area contributed by atoms with Crippen molar-refractivity contribution in [3.05, 3.63) is 52.8 Å². The minimum Gasteiger partial charge on any atom is -0.449 e. The van der Waals surface area contributed by atoms with E-state index in [1.807, 2.05) is 24.4 Å². The van der Waals surface area contributed by atoms with Gasteiger partial charge in [-0.05, 0) is 51.1 Å². The van der Waals surface area contributed by atoms with Crippen LogP contribution in [0, 0.1) is 13.8 Å². The standard InChI is InChI=1S/C19H20N4O5S2/c1-11-10-23-16(12(2)21-19(23)29-11)8-9-17(24)28-13(3)18(25)22-14-4-6-15(7-5-14)30(20,26)27/h4-10,13H,1-3H3,(H,22,25)(H2,20,26,27)/b9-8+. The topological polar surface area (TPSA) is 133 Å². The number of hydrogen-bond acceptors (Lipinski definition) is 7. The molecule has 1 aromatic carbocycles. The number of nitrogens with zero attached hydrogens (tertiary/aromatic N) is 2. The van der Waals surface area contributed by atoms with Gasteiger partial charge in [-0.15, -0.1) is 11.3 Å². The Morgan fingerprint density at radius 3 is 2.57 bits per heavy atom. The summed E-state index contributed by atoms with van der Waals surface area (Å²) < 4.78 is 29.5. The largest absolute Gasteiger partial charge is 0.449 e. The molecule has 11 heteroatoms. The lowest BCUT2D eigenvalue weighted by Crippen LogP contribution is -2.29. The van der Waals surface area contributed by atoms with Crippen molar-refractivity contribution in [1.82, 2.24) is 9.38 Å². The zero-order valence-electron chi connectivity index (χ0n) is 16.4. The number of carbonyl (C=O) groups is 2. The number of fused-ring (bicyclic) bond motifs is 1. The van der Waals surface area contributed by atoms with Gasteiger partial charge in [0, 0.05) is 22.8 Å². The molecule has 0 saturated carbocycles. The average Bonchev–Trinajstić information content (AvgIpc) is 3.14. The Morgan fingerprint density at radius 2 is 1.93 bits per heavy atom. The van der Waals surface area contributed by atoms with E-state index in [0.29, 0.717) is 5.69 Å². The first-order valence-corrected chi connectivity index (χ1v) is 11.2. The summed E-state index contributed by atoms with van der Waals surface area (Å²) in [7, 11) is -3.82. The number of nitrogens with two attached hydrogens (primary N) is 1. The highest BCUT2D eigenvalue weighted by Gasteiger charge is 2.17. The fraction of sp³-hybridized carbons (Fsp3) is 0.211. The number of ether oxygens (including phenoxy) is 1. The van der Waals surface area contributed by atoms with Gasteiger partial charge in [-0.3, -0.25) is 9.20 Å². The van der Waals surface area contributed by atoms with E-state index in [0.717, 1.165) is 21.2 Å². The van der Waals surface area contributed by atoms with Crippen molar-refractivity contribution in [1.29, 1.82) is 0 Å². The number of imidazole rings is 1. The second-order valence-corrected chi connectivity index (χ2v) is 9.32. The van der Waals surface area contributed by atoms with Crippen LogP contribution in [0.3, 0.4) is 0 Å². The van der Waals surface area contributed by atoms with Crippen molar-refractivity contribution in [2.24, 2.45) is 5.14 Å². The fourth-order valence-electron chi connectivity index (χ4n) is 2.67. The lowest BCUT2D eigenvalue weighted by atomic mass is 10.3. The lowest BCUT2D eigenvalue weighted by Gasteiger charge is -2.12. The summed E-state index contributed by atoms with van der Waals surface area (Å²) in [6.07, 6.45) is 3.71. The van der Waals surface area contributed by atoms with E-state index >= 15 is 0 Å². The molecule has 3 N–H and O–H groups in total. The lowest BCUT2D eigenvalue weighted by molar-refractivity contribution is -0.148. The number of aryl methyl sites for hydroxylation is 2. The highest BCUT2D eigenvalue weighted by molar-refractivity contribution is 7.89. The third-order valence-electron chi connectivity index (χ3n) is 4.15. The number of rotatable bonds is 6. The number of esters is 1. The molecule has 0 aliphatic heterocycles. The van der Waals surface area contributed by atoms with Crippen LogP contribution >= 0.6 is 11.3 Å². The highest BCUT2D eigenvalue weighted by atomic mass is 32.2. The number of nitrogens with one attached hydrogen (secondary N) is 1. The first kappa shape index (κ1) is 21.7. The molecule has 1 atom stereocenters. The number of primary sulfonamides is 1. The van der Waals surface area contributed by atoms with Gasteiger partial charge in [0.25, 0.3) is 5.91 Å². The molecule has 1 amide bonds. The van der Waals surface area contributed by atoms with Gasteiger partial charge < -0.3 is 10.1 Å². The molecule has 2 aromatic heterocycles. The Hall–Kier alpha value is -3.02. The van der Waals surface area contributed by atoms with Crippen LogP contribution in [-0.4, -0.2) is 35.8 Å². The molecule has 2 heterocycles. The minimum absolute atomic E-state index is 0.0739. The highest BCUT2D eigenvalue weighted by Crippen LogP contribution is 2.21. The monoisotopic (exact) mass is 448 g/mol. The molecule has 0 saturated heterocycles. The maximum Gasteiger partial charge on any atom is 0.331 e. The third kappa shape index (κ3) is 4.93. The number of benzene rings is 1. The van der Waals surface area contributed by atoms with Crippen LogP contribution in [-0.2, 0) is 24.3 Å². The van der Waals surface area contributed by atoms with Crippen LogP contribution in [0.2, 0.25) is 0 Å². The zero-order chi connectivity index (χ0) is 22.1. The van der Waals surface area contributed by atoms with Crippen molar-refractivity contribution in [2.45, 2.75) is 31.8 Å². The predicted octanol–water partition coefficient (Wildman–Crippen LogP) is 2.24. The number of sulfonamides is 1. The van der Waals surface area contributed by atoms with Gasteiger partial charge in [-0.1, -0.05) is 0 Å².